The lowest BCUT2D eigenvalue weighted by Crippen LogP contribution is -2.45. The molecule has 108 valence electrons. The van der Waals surface area contributed by atoms with E-state index in [1.807, 2.05) is 18.8 Å². The molecule has 0 aliphatic carbocycles. The van der Waals surface area contributed by atoms with Gasteiger partial charge in [0.2, 0.25) is 5.95 Å². The first kappa shape index (κ1) is 13.9. The van der Waals surface area contributed by atoms with Crippen molar-refractivity contribution in [3.63, 3.8) is 0 Å². The van der Waals surface area contributed by atoms with Gasteiger partial charge in [0.05, 0.1) is 5.39 Å². The molecule has 0 aromatic carbocycles. The Kier molecular flexibility index (Phi) is 3.77. The van der Waals surface area contributed by atoms with Gasteiger partial charge in [-0.3, -0.25) is 0 Å². The number of aryl methyl sites for hydroxylation is 1. The third kappa shape index (κ3) is 2.35. The molecular weight excluding hydrogens is 288 g/mol. The predicted octanol–water partition coefficient (Wildman–Crippen LogP) is 3.37. The Morgan fingerprint density at radius 2 is 2.15 bits per heavy atom. The average Bonchev–Trinajstić information content (AvgIpc) is 2.81. The Morgan fingerprint density at radius 3 is 2.90 bits per heavy atom. The molecule has 0 spiro atoms. The number of nitrogens with zero attached hydrogens (tertiary/aromatic N) is 3. The molecule has 0 amide bonds. The van der Waals surface area contributed by atoms with Crippen LogP contribution in [0.3, 0.4) is 0 Å². The summed E-state index contributed by atoms with van der Waals surface area (Å²) in [5.41, 5.74) is 0. The van der Waals surface area contributed by atoms with Gasteiger partial charge in [0.1, 0.15) is 10.6 Å². The number of hydrogen-bond donors (Lipinski definition) is 1. The van der Waals surface area contributed by atoms with E-state index in [2.05, 4.69) is 42.0 Å². The zero-order valence-electron chi connectivity index (χ0n) is 12.3. The Balaban J connectivity index is 2.13. The summed E-state index contributed by atoms with van der Waals surface area (Å²) in [4.78, 5) is 14.1. The molecule has 2 atom stereocenters. The number of thiophene rings is 1. The van der Waals surface area contributed by atoms with E-state index in [1.54, 1.807) is 11.3 Å². The minimum absolute atomic E-state index is 0.497. The second-order valence-electron chi connectivity index (χ2n) is 5.21. The van der Waals surface area contributed by atoms with Crippen LogP contribution in [0.25, 0.3) is 10.2 Å². The molecule has 1 fully saturated rings. The summed E-state index contributed by atoms with van der Waals surface area (Å²) in [7, 11) is 1.88. The zero-order chi connectivity index (χ0) is 14.3. The predicted molar refractivity (Wildman–Crippen MR) is 90.4 cm³/mol. The second-order valence-corrected chi connectivity index (χ2v) is 7.93. The fourth-order valence-corrected chi connectivity index (χ4v) is 4.56. The summed E-state index contributed by atoms with van der Waals surface area (Å²) in [5, 5.41) is 4.91. The summed E-state index contributed by atoms with van der Waals surface area (Å²) in [5.74, 6) is 2.96. The highest BCUT2D eigenvalue weighted by molar-refractivity contribution is 8.00. The minimum atomic E-state index is 0.497. The monoisotopic (exact) mass is 308 g/mol. The van der Waals surface area contributed by atoms with Crippen LogP contribution < -0.4 is 10.2 Å². The molecule has 2 unspecified atom stereocenters. The summed E-state index contributed by atoms with van der Waals surface area (Å²) >= 11 is 3.79. The molecule has 2 aromatic heterocycles. The van der Waals surface area contributed by atoms with Crippen LogP contribution in [0.1, 0.15) is 18.7 Å². The standard InChI is InChI=1S/C14H20N4S2/c1-8-7-11-12(16-14(15-4)17-13(11)20-8)18-5-6-19-10(3)9(18)2/h7,9-10H,5-6H2,1-4H3,(H,15,16,17). The fourth-order valence-electron chi connectivity index (χ4n) is 2.59. The summed E-state index contributed by atoms with van der Waals surface area (Å²) < 4.78 is 0. The number of hydrogen-bond acceptors (Lipinski definition) is 6. The maximum atomic E-state index is 4.74. The first-order valence-corrected chi connectivity index (χ1v) is 8.81. The normalized spacial score (nSPS) is 23.3. The van der Waals surface area contributed by atoms with Crippen molar-refractivity contribution in [2.75, 3.05) is 29.6 Å². The molecule has 4 nitrogen and oxygen atoms in total. The van der Waals surface area contributed by atoms with Crippen molar-refractivity contribution in [1.29, 1.82) is 0 Å². The lowest BCUT2D eigenvalue weighted by molar-refractivity contribution is 0.622. The SMILES string of the molecule is CNc1nc(N2CCSC(C)C2C)c2cc(C)sc2n1. The summed E-state index contributed by atoms with van der Waals surface area (Å²) in [6, 6.07) is 2.71. The van der Waals surface area contributed by atoms with Crippen molar-refractivity contribution in [2.45, 2.75) is 32.1 Å². The average molecular weight is 308 g/mol. The van der Waals surface area contributed by atoms with E-state index in [0.717, 1.165) is 22.9 Å². The van der Waals surface area contributed by atoms with Gasteiger partial charge in [-0.15, -0.1) is 11.3 Å². The Morgan fingerprint density at radius 1 is 1.35 bits per heavy atom. The number of rotatable bonds is 2. The molecule has 3 rings (SSSR count). The van der Waals surface area contributed by atoms with Gasteiger partial charge in [-0.1, -0.05) is 6.92 Å². The van der Waals surface area contributed by atoms with Crippen LogP contribution in [0.2, 0.25) is 0 Å². The van der Waals surface area contributed by atoms with Crippen molar-refractivity contribution < 1.29 is 0 Å². The molecule has 0 bridgehead atoms. The topological polar surface area (TPSA) is 41.1 Å². The smallest absolute Gasteiger partial charge is 0.225 e. The summed E-state index contributed by atoms with van der Waals surface area (Å²) in [6.45, 7) is 7.79. The van der Waals surface area contributed by atoms with E-state index >= 15 is 0 Å². The van der Waals surface area contributed by atoms with Gasteiger partial charge in [0.25, 0.3) is 0 Å². The van der Waals surface area contributed by atoms with E-state index < -0.39 is 0 Å². The Hall–Kier alpha value is -1.01. The highest BCUT2D eigenvalue weighted by Crippen LogP contribution is 2.35. The van der Waals surface area contributed by atoms with Gasteiger partial charge in [0.15, 0.2) is 0 Å². The third-order valence-electron chi connectivity index (χ3n) is 3.88. The number of aromatic nitrogens is 2. The molecule has 1 saturated heterocycles. The van der Waals surface area contributed by atoms with E-state index in [1.165, 1.54) is 10.3 Å². The van der Waals surface area contributed by atoms with Crippen molar-refractivity contribution in [3.8, 4) is 0 Å². The van der Waals surface area contributed by atoms with E-state index in [-0.39, 0.29) is 0 Å². The molecule has 1 aliphatic rings. The highest BCUT2D eigenvalue weighted by atomic mass is 32.2. The van der Waals surface area contributed by atoms with Crippen LogP contribution in [0.15, 0.2) is 6.07 Å². The van der Waals surface area contributed by atoms with Crippen LogP contribution in [0.5, 0.6) is 0 Å². The Labute approximate surface area is 128 Å². The van der Waals surface area contributed by atoms with Crippen molar-refractivity contribution >= 4 is 45.1 Å². The third-order valence-corrected chi connectivity index (χ3v) is 6.16. The van der Waals surface area contributed by atoms with Gasteiger partial charge in [-0.25, -0.2) is 4.98 Å². The van der Waals surface area contributed by atoms with Crippen molar-refractivity contribution in [1.82, 2.24) is 9.97 Å². The minimum Gasteiger partial charge on any atom is -0.357 e. The van der Waals surface area contributed by atoms with Gasteiger partial charge >= 0.3 is 0 Å². The molecule has 0 saturated carbocycles. The van der Waals surface area contributed by atoms with Gasteiger partial charge in [-0.2, -0.15) is 16.7 Å². The largest absolute Gasteiger partial charge is 0.357 e. The van der Waals surface area contributed by atoms with Crippen LogP contribution in [-0.2, 0) is 0 Å². The maximum Gasteiger partial charge on any atom is 0.225 e. The molecular formula is C14H20N4S2. The maximum absolute atomic E-state index is 4.74. The van der Waals surface area contributed by atoms with Gasteiger partial charge in [0, 0.05) is 35.5 Å². The first-order valence-electron chi connectivity index (χ1n) is 6.94. The lowest BCUT2D eigenvalue weighted by atomic mass is 10.2. The molecule has 1 aliphatic heterocycles. The number of fused-ring (bicyclic) bond motifs is 1. The number of thioether (sulfide) groups is 1. The quantitative estimate of drug-likeness (QED) is 0.921. The van der Waals surface area contributed by atoms with Crippen LogP contribution in [0, 0.1) is 6.92 Å². The molecule has 6 heteroatoms. The van der Waals surface area contributed by atoms with Crippen LogP contribution in [0.4, 0.5) is 11.8 Å². The van der Waals surface area contributed by atoms with E-state index in [9.17, 15) is 0 Å². The molecule has 3 heterocycles. The first-order chi connectivity index (χ1) is 9.60. The fraction of sp³-hybridized carbons (Fsp3) is 0.571. The van der Waals surface area contributed by atoms with Crippen LogP contribution >= 0.6 is 23.1 Å². The molecule has 2 aromatic rings. The Bertz CT molecular complexity index is 625. The summed E-state index contributed by atoms with van der Waals surface area (Å²) in [6.07, 6.45) is 0. The van der Waals surface area contributed by atoms with Crippen molar-refractivity contribution in [3.05, 3.63) is 10.9 Å². The van der Waals surface area contributed by atoms with Crippen LogP contribution in [-0.4, -0.2) is 40.6 Å². The van der Waals surface area contributed by atoms with Crippen molar-refractivity contribution in [2.24, 2.45) is 0 Å². The van der Waals surface area contributed by atoms with E-state index in [0.29, 0.717) is 17.2 Å². The van der Waals surface area contributed by atoms with Gasteiger partial charge in [-0.05, 0) is 19.9 Å². The number of anilines is 2. The van der Waals surface area contributed by atoms with E-state index in [4.69, 9.17) is 4.98 Å². The second kappa shape index (κ2) is 5.41. The molecule has 20 heavy (non-hydrogen) atoms. The highest BCUT2D eigenvalue weighted by Gasteiger charge is 2.28. The zero-order valence-corrected chi connectivity index (χ0v) is 13.9. The lowest BCUT2D eigenvalue weighted by Gasteiger charge is -2.38. The molecule has 0 radical (unpaired) electrons. The number of nitrogens with one attached hydrogen (secondary N) is 1. The van der Waals surface area contributed by atoms with Gasteiger partial charge < -0.3 is 10.2 Å². The molecule has 1 N–H and O–H groups in total.